The average Bonchev–Trinajstić information content (AvgIpc) is 3.05. The van der Waals surface area contributed by atoms with Crippen LogP contribution < -0.4 is 26.5 Å². The molecule has 2 heterocycles. The molecule has 256 valence electrons. The van der Waals surface area contributed by atoms with Crippen molar-refractivity contribution in [3.05, 3.63) is 79.7 Å². The molecule has 48 heavy (non-hydrogen) atoms. The monoisotopic (exact) mass is 703 g/mol. The highest BCUT2D eigenvalue weighted by Crippen LogP contribution is 2.28. The summed E-state index contributed by atoms with van der Waals surface area (Å²) in [4.78, 5) is 22.7. The number of nitrogens with one attached hydrogen (secondary N) is 4. The lowest BCUT2D eigenvalue weighted by Crippen LogP contribution is -2.17. The highest BCUT2D eigenvalue weighted by molar-refractivity contribution is 7.86. The second-order valence-electron chi connectivity index (χ2n) is 8.64. The Morgan fingerprint density at radius 3 is 1.42 bits per heavy atom. The largest absolute Gasteiger partial charge is 0.357 e. The van der Waals surface area contributed by atoms with E-state index in [4.69, 9.17) is 0 Å². The Hall–Kier alpha value is -5.58. The minimum absolute atomic E-state index is 0.0147. The van der Waals surface area contributed by atoms with Gasteiger partial charge < -0.3 is 21.3 Å². The Kier molecular flexibility index (Phi) is 13.5. The van der Waals surface area contributed by atoms with Crippen LogP contribution in [0.15, 0.2) is 72.5 Å². The average molecular weight is 704 g/mol. The van der Waals surface area contributed by atoms with Gasteiger partial charge in [-0.1, -0.05) is 29.5 Å². The molecule has 0 fully saturated rings. The summed E-state index contributed by atoms with van der Waals surface area (Å²) in [5.74, 6) is -0.0460. The molecule has 0 aliphatic heterocycles. The molecule has 2 aromatic carbocycles. The van der Waals surface area contributed by atoms with Gasteiger partial charge in [-0.05, 0) is 42.3 Å². The fraction of sp³-hybridized carbons (Fsp3) is 0.111. The van der Waals surface area contributed by atoms with Gasteiger partial charge in [0.15, 0.2) is 0 Å². The van der Waals surface area contributed by atoms with Gasteiger partial charge >= 0.3 is 0 Å². The molecule has 0 unspecified atom stereocenters. The molecule has 0 spiro atoms. The van der Waals surface area contributed by atoms with Gasteiger partial charge in [-0.25, -0.2) is 0 Å². The van der Waals surface area contributed by atoms with Crippen molar-refractivity contribution in [2.45, 2.75) is 16.7 Å². The predicted molar refractivity (Wildman–Crippen MR) is 180 cm³/mol. The molecular formula is C27H33N11O8S2. The maximum Gasteiger partial charge on any atom is 0.295 e. The standard InChI is InChI=1S/C23H25N11O8S2.2C2H4/c1-12-26-19(24-2)30-21(27-12)28-15-8-6-13(17(10-15)43(37,38)39)4-5-14-7-9-16(11-18(14)44(40,41)42)29-22-31-20(25-3)32-23(33-22)34(35)36;2*1-2/h4-11,35-36H,1-3H3,(H,37,38,39)(H,40,41,42)(H2,24,26,27,28,30)(H2,25,29,31,32,33);2*1-2H2/b5-4+;;. The fourth-order valence-corrected chi connectivity index (χ4v) is 5.08. The highest BCUT2D eigenvalue weighted by atomic mass is 32.2. The molecule has 4 rings (SSSR count). The smallest absolute Gasteiger partial charge is 0.295 e. The SMILES string of the molecule is C=C.C=C.CNc1nc(C)nc(Nc2ccc(/C=C/c3ccc(Nc4nc(NC)nc(N(O)O)n4)cc3S(=O)(=O)O)c(S(=O)(=O)O)c2)n1. The zero-order valence-corrected chi connectivity index (χ0v) is 27.4. The van der Waals surface area contributed by atoms with Crippen LogP contribution in [0.3, 0.4) is 0 Å². The molecular weight excluding hydrogens is 671 g/mol. The van der Waals surface area contributed by atoms with Crippen LogP contribution in [0, 0.1) is 6.92 Å². The first-order chi connectivity index (χ1) is 22.7. The van der Waals surface area contributed by atoms with Gasteiger partial charge in [0, 0.05) is 25.5 Å². The predicted octanol–water partition coefficient (Wildman–Crippen LogP) is 3.79. The van der Waals surface area contributed by atoms with Crippen molar-refractivity contribution in [3.63, 3.8) is 0 Å². The van der Waals surface area contributed by atoms with Crippen molar-refractivity contribution in [1.29, 1.82) is 0 Å². The van der Waals surface area contributed by atoms with Crippen molar-refractivity contribution in [2.75, 3.05) is 40.6 Å². The van der Waals surface area contributed by atoms with Crippen molar-refractivity contribution in [3.8, 4) is 0 Å². The lowest BCUT2D eigenvalue weighted by molar-refractivity contribution is 0.0242. The van der Waals surface area contributed by atoms with Gasteiger partial charge in [0.05, 0.1) is 0 Å². The molecule has 0 atom stereocenters. The van der Waals surface area contributed by atoms with Crippen LogP contribution >= 0.6 is 0 Å². The number of anilines is 7. The zero-order chi connectivity index (χ0) is 36.2. The molecule has 21 heteroatoms. The van der Waals surface area contributed by atoms with Crippen molar-refractivity contribution >= 4 is 73.5 Å². The Bertz CT molecular complexity index is 1990. The van der Waals surface area contributed by atoms with Gasteiger partial charge in [-0.15, -0.1) is 26.3 Å². The number of aromatic nitrogens is 6. The molecule has 2 aromatic heterocycles. The van der Waals surface area contributed by atoms with Gasteiger partial charge in [0.1, 0.15) is 15.6 Å². The Morgan fingerprint density at radius 2 is 1.02 bits per heavy atom. The first-order valence-corrected chi connectivity index (χ1v) is 16.0. The van der Waals surface area contributed by atoms with Gasteiger partial charge in [-0.3, -0.25) is 19.5 Å². The summed E-state index contributed by atoms with van der Waals surface area (Å²) in [6.07, 6.45) is 2.44. The molecule has 0 aliphatic carbocycles. The van der Waals surface area contributed by atoms with Crippen molar-refractivity contribution < 1.29 is 36.4 Å². The first kappa shape index (κ1) is 38.6. The molecule has 0 aliphatic rings. The Morgan fingerprint density at radius 1 is 0.646 bits per heavy atom. The molecule has 0 amide bonds. The van der Waals surface area contributed by atoms with E-state index in [-0.39, 0.29) is 51.5 Å². The lowest BCUT2D eigenvalue weighted by Gasteiger charge is -2.12. The number of hydrogen-bond acceptors (Lipinski definition) is 17. The number of aryl methyl sites for hydroxylation is 1. The highest BCUT2D eigenvalue weighted by Gasteiger charge is 2.19. The van der Waals surface area contributed by atoms with E-state index in [9.17, 15) is 36.4 Å². The number of hydrogen-bond donors (Lipinski definition) is 8. The summed E-state index contributed by atoms with van der Waals surface area (Å²) in [7, 11) is -6.51. The van der Waals surface area contributed by atoms with Crippen LogP contribution in [0.4, 0.5) is 41.1 Å². The summed E-state index contributed by atoms with van der Waals surface area (Å²) >= 11 is 0. The maximum atomic E-state index is 12.2. The Labute approximate surface area is 276 Å². The van der Waals surface area contributed by atoms with Crippen LogP contribution in [0.2, 0.25) is 0 Å². The summed E-state index contributed by atoms with van der Waals surface area (Å²) in [6.45, 7) is 13.6. The summed E-state index contributed by atoms with van der Waals surface area (Å²) < 4.78 is 68.7. The second kappa shape index (κ2) is 16.8. The number of rotatable bonds is 11. The van der Waals surface area contributed by atoms with E-state index in [0.717, 1.165) is 12.1 Å². The van der Waals surface area contributed by atoms with Crippen molar-refractivity contribution in [2.24, 2.45) is 0 Å². The molecule has 19 nitrogen and oxygen atoms in total. The van der Waals surface area contributed by atoms with Gasteiger partial charge in [0.2, 0.25) is 23.8 Å². The topological polar surface area (TPSA) is 278 Å². The molecule has 0 radical (unpaired) electrons. The third-order valence-corrected chi connectivity index (χ3v) is 7.35. The minimum Gasteiger partial charge on any atom is -0.357 e. The third kappa shape index (κ3) is 10.5. The van der Waals surface area contributed by atoms with Crippen LogP contribution in [0.1, 0.15) is 17.0 Å². The molecule has 0 saturated heterocycles. The molecule has 0 saturated carbocycles. The normalized spacial score (nSPS) is 11.0. The van der Waals surface area contributed by atoms with E-state index in [1.54, 1.807) is 14.0 Å². The summed E-state index contributed by atoms with van der Waals surface area (Å²) in [5, 5.41) is 29.0. The quantitative estimate of drug-likeness (QED) is 0.0477. The van der Waals surface area contributed by atoms with Crippen LogP contribution in [-0.2, 0) is 20.2 Å². The second-order valence-corrected chi connectivity index (χ2v) is 11.4. The number of nitrogens with zero attached hydrogens (tertiary/aromatic N) is 7. The summed E-state index contributed by atoms with van der Waals surface area (Å²) in [5.41, 5.74) is 0.218. The lowest BCUT2D eigenvalue weighted by atomic mass is 10.1. The van der Waals surface area contributed by atoms with Crippen LogP contribution in [-0.4, -0.2) is 80.4 Å². The first-order valence-electron chi connectivity index (χ1n) is 13.1. The molecule has 4 aromatic rings. The van der Waals surface area contributed by atoms with Gasteiger partial charge in [-0.2, -0.15) is 46.7 Å². The van der Waals surface area contributed by atoms with Crippen LogP contribution in [0.25, 0.3) is 12.2 Å². The van der Waals surface area contributed by atoms with E-state index >= 15 is 0 Å². The van der Waals surface area contributed by atoms with Crippen LogP contribution in [0.5, 0.6) is 0 Å². The maximum absolute atomic E-state index is 12.2. The van der Waals surface area contributed by atoms with E-state index in [0.29, 0.717) is 5.82 Å². The van der Waals surface area contributed by atoms with E-state index < -0.39 is 36.0 Å². The van der Waals surface area contributed by atoms with Crippen molar-refractivity contribution in [1.82, 2.24) is 29.9 Å². The van der Waals surface area contributed by atoms with E-state index in [1.807, 2.05) is 0 Å². The van der Waals surface area contributed by atoms with E-state index in [2.05, 4.69) is 77.5 Å². The zero-order valence-electron chi connectivity index (χ0n) is 25.8. The molecule has 0 bridgehead atoms. The number of benzene rings is 2. The van der Waals surface area contributed by atoms with E-state index in [1.165, 1.54) is 43.5 Å². The minimum atomic E-state index is -4.82. The fourth-order valence-electron chi connectivity index (χ4n) is 3.66. The third-order valence-electron chi connectivity index (χ3n) is 5.53. The summed E-state index contributed by atoms with van der Waals surface area (Å²) in [6, 6.07) is 7.68. The molecule has 8 N–H and O–H groups in total. The Balaban J connectivity index is 0.00000193. The van der Waals surface area contributed by atoms with Gasteiger partial charge in [0.25, 0.3) is 26.2 Å².